The first-order valence-corrected chi connectivity index (χ1v) is 4.43. The Labute approximate surface area is 117 Å². The number of hydrogen-bond donors (Lipinski definition) is 1. The molecule has 0 rings (SSSR count). The molecule has 0 unspecified atom stereocenters. The van der Waals surface area contributed by atoms with Crippen molar-refractivity contribution < 1.29 is 102 Å². The van der Waals surface area contributed by atoms with Gasteiger partial charge in [-0.1, -0.05) is 0 Å². The smallest absolute Gasteiger partial charge is 0.822 e. The quantitative estimate of drug-likeness (QED) is 0.338. The fourth-order valence-corrected chi connectivity index (χ4v) is 0. The molecular formula is HFeMnNaO8P2. The molecular weight excluding hydrogens is 324 g/mol. The van der Waals surface area contributed by atoms with Crippen LogP contribution >= 0.6 is 15.6 Å². The summed E-state index contributed by atoms with van der Waals surface area (Å²) in [7, 11) is -10.5. The van der Waals surface area contributed by atoms with E-state index < -0.39 is 15.6 Å². The summed E-state index contributed by atoms with van der Waals surface area (Å²) in [5.41, 5.74) is 0. The summed E-state index contributed by atoms with van der Waals surface area (Å²) < 4.78 is 17.2. The van der Waals surface area contributed by atoms with Crippen LogP contribution in [-0.4, -0.2) is 4.89 Å². The van der Waals surface area contributed by atoms with Gasteiger partial charge in [0.2, 0.25) is 0 Å². The van der Waals surface area contributed by atoms with E-state index in [2.05, 4.69) is 0 Å². The molecule has 0 aromatic rings. The molecule has 0 aliphatic rings. The number of hydrogen-bond acceptors (Lipinski definition) is 7. The average molecular weight is 325 g/mol. The molecule has 1 N–H and O–H groups in total. The first-order valence-electron chi connectivity index (χ1n) is 1.48. The maximum Gasteiger partial charge on any atom is 2.00 e. The molecule has 1 radical (unpaired) electrons. The summed E-state index contributed by atoms with van der Waals surface area (Å²) in [5, 5.41) is 0. The third-order valence-corrected chi connectivity index (χ3v) is 0. The average Bonchev–Trinajstić information content (AvgIpc) is 1.12. The SMILES string of the molecule is O=P([O-])([O-])O.O=P([O-])([O-])[O-].[Fe+2].[Mn+2].[Na+]. The van der Waals surface area contributed by atoms with Gasteiger partial charge in [0.25, 0.3) is 0 Å². The first-order chi connectivity index (χ1) is 4.00. The molecule has 0 saturated carbocycles. The van der Waals surface area contributed by atoms with E-state index in [1.54, 1.807) is 0 Å². The predicted octanol–water partition coefficient (Wildman–Crippen LogP) is -8.02. The molecule has 0 aliphatic carbocycles. The van der Waals surface area contributed by atoms with E-state index in [1.807, 2.05) is 0 Å². The van der Waals surface area contributed by atoms with Crippen molar-refractivity contribution in [3.05, 3.63) is 0 Å². The van der Waals surface area contributed by atoms with Gasteiger partial charge in [0, 0.05) is 0 Å². The van der Waals surface area contributed by atoms with Crippen molar-refractivity contribution >= 4 is 15.6 Å². The molecule has 0 heterocycles. The van der Waals surface area contributed by atoms with Gasteiger partial charge in [-0.2, -0.15) is 7.82 Å². The normalized spacial score (nSPS) is 9.08. The van der Waals surface area contributed by atoms with Crippen molar-refractivity contribution in [3.8, 4) is 0 Å². The minimum atomic E-state index is -5.39. The van der Waals surface area contributed by atoms with Gasteiger partial charge in [-0.25, -0.2) is 0 Å². The summed E-state index contributed by atoms with van der Waals surface area (Å²) in [6.07, 6.45) is 0. The molecule has 13 heavy (non-hydrogen) atoms. The molecule has 0 aliphatic heterocycles. The van der Waals surface area contributed by atoms with Crippen LogP contribution in [0.3, 0.4) is 0 Å². The molecule has 0 aromatic heterocycles. The van der Waals surface area contributed by atoms with Crippen LogP contribution in [0.25, 0.3) is 0 Å². The fourth-order valence-electron chi connectivity index (χ4n) is 0. The Kier molecular flexibility index (Phi) is 28.0. The zero-order valence-electron chi connectivity index (χ0n) is 5.93. The maximum absolute atomic E-state index is 8.66. The van der Waals surface area contributed by atoms with Crippen molar-refractivity contribution in [2.75, 3.05) is 0 Å². The van der Waals surface area contributed by atoms with E-state index in [1.165, 1.54) is 0 Å². The Morgan fingerprint density at radius 3 is 0.923 bits per heavy atom. The van der Waals surface area contributed by atoms with Crippen molar-refractivity contribution in [1.82, 2.24) is 0 Å². The second-order valence-corrected chi connectivity index (χ2v) is 2.75. The van der Waals surface area contributed by atoms with Gasteiger partial charge in [0.15, 0.2) is 0 Å². The van der Waals surface area contributed by atoms with Crippen LogP contribution in [0.15, 0.2) is 0 Å². The van der Waals surface area contributed by atoms with Gasteiger partial charge in [0.05, 0.1) is 7.82 Å². The molecule has 0 spiro atoms. The van der Waals surface area contributed by atoms with E-state index in [4.69, 9.17) is 38.5 Å². The first kappa shape index (κ1) is 29.5. The van der Waals surface area contributed by atoms with Crippen LogP contribution < -0.4 is 54.0 Å². The van der Waals surface area contributed by atoms with Crippen LogP contribution in [0.1, 0.15) is 0 Å². The van der Waals surface area contributed by atoms with Crippen LogP contribution in [0, 0.1) is 0 Å². The third-order valence-electron chi connectivity index (χ3n) is 0. The molecule has 8 nitrogen and oxygen atoms in total. The summed E-state index contributed by atoms with van der Waals surface area (Å²) in [6.45, 7) is 0. The van der Waals surface area contributed by atoms with E-state index in [-0.39, 0.29) is 63.7 Å². The zero-order valence-corrected chi connectivity index (χ0v) is 12.0. The summed E-state index contributed by atoms with van der Waals surface area (Å²) in [5.74, 6) is 0. The Morgan fingerprint density at radius 2 is 0.923 bits per heavy atom. The van der Waals surface area contributed by atoms with Crippen LogP contribution in [0.2, 0.25) is 0 Å². The Bertz CT molecular complexity index is 134. The van der Waals surface area contributed by atoms with Gasteiger partial charge < -0.3 is 38.5 Å². The molecule has 0 fully saturated rings. The molecule has 13 heteroatoms. The molecule has 75 valence electrons. The number of rotatable bonds is 0. The molecule has 0 aromatic carbocycles. The third kappa shape index (κ3) is 420. The van der Waals surface area contributed by atoms with Crippen LogP contribution in [-0.2, 0) is 43.3 Å². The molecule has 0 saturated heterocycles. The zero-order chi connectivity index (χ0) is 9.00. The monoisotopic (exact) mass is 325 g/mol. The topological polar surface area (TPSA) is 170 Å². The number of phosphoric acid groups is 2. The summed E-state index contributed by atoms with van der Waals surface area (Å²) in [4.78, 5) is 49.9. The summed E-state index contributed by atoms with van der Waals surface area (Å²) in [6, 6.07) is 0. The predicted molar refractivity (Wildman–Crippen MR) is 17.4 cm³/mol. The van der Waals surface area contributed by atoms with E-state index in [9.17, 15) is 0 Å². The fraction of sp³-hybridized carbons (Fsp3) is 0. The van der Waals surface area contributed by atoms with E-state index in [0.717, 1.165) is 0 Å². The minimum absolute atomic E-state index is 0. The second-order valence-electron chi connectivity index (χ2n) is 0.916. The van der Waals surface area contributed by atoms with Crippen LogP contribution in [0.4, 0.5) is 0 Å². The van der Waals surface area contributed by atoms with Gasteiger partial charge in [-0.15, -0.1) is 0 Å². The van der Waals surface area contributed by atoms with Gasteiger partial charge >= 0.3 is 63.7 Å². The van der Waals surface area contributed by atoms with E-state index in [0.29, 0.717) is 0 Å². The second kappa shape index (κ2) is 12.3. The van der Waals surface area contributed by atoms with Crippen molar-refractivity contribution in [2.24, 2.45) is 0 Å². The standard InChI is InChI=1S/Fe.Mn.Na.2H3O4P/c;;;2*1-5(2,3)4/h;;;2*(H3,1,2,3,4)/q2*+2;+1;;/p-5. The Hall–Kier alpha value is 2.26. The minimum Gasteiger partial charge on any atom is -0.822 e. The molecule has 0 atom stereocenters. The Morgan fingerprint density at radius 1 is 0.923 bits per heavy atom. The van der Waals surface area contributed by atoms with Crippen molar-refractivity contribution in [1.29, 1.82) is 0 Å². The van der Waals surface area contributed by atoms with Crippen LogP contribution in [0.5, 0.6) is 0 Å². The van der Waals surface area contributed by atoms with Crippen molar-refractivity contribution in [2.45, 2.75) is 0 Å². The maximum atomic E-state index is 8.66. The van der Waals surface area contributed by atoms with Gasteiger partial charge in [0.1, 0.15) is 0 Å². The Balaban J connectivity index is -0.0000000267. The van der Waals surface area contributed by atoms with Gasteiger partial charge in [-0.05, 0) is 0 Å². The molecule has 0 amide bonds. The largest absolute Gasteiger partial charge is 2.00 e. The van der Waals surface area contributed by atoms with E-state index >= 15 is 0 Å². The van der Waals surface area contributed by atoms with Crippen molar-refractivity contribution in [3.63, 3.8) is 0 Å². The molecule has 0 bridgehead atoms. The van der Waals surface area contributed by atoms with Gasteiger partial charge in [-0.3, -0.25) is 0 Å². The summed E-state index contributed by atoms with van der Waals surface area (Å²) >= 11 is 0.